The van der Waals surface area contributed by atoms with Gasteiger partial charge in [0.05, 0.1) is 17.8 Å². The van der Waals surface area contributed by atoms with E-state index in [1.807, 2.05) is 51.1 Å². The maximum Gasteiger partial charge on any atom is 0.262 e. The lowest BCUT2D eigenvalue weighted by atomic mass is 10.0. The Morgan fingerprint density at radius 1 is 1.11 bits per heavy atom. The summed E-state index contributed by atoms with van der Waals surface area (Å²) in [4.78, 5) is 25.4. The molecule has 0 heterocycles. The van der Waals surface area contributed by atoms with Crippen molar-refractivity contribution in [2.45, 2.75) is 33.4 Å². The summed E-state index contributed by atoms with van der Waals surface area (Å²) < 4.78 is 12.1. The van der Waals surface area contributed by atoms with E-state index in [4.69, 9.17) is 21.1 Å². The maximum atomic E-state index is 12.8. The molecule has 2 N–H and O–H groups in total. The second-order valence-corrected chi connectivity index (χ2v) is 9.97. The Kier molecular flexibility index (Phi) is 10.1. The van der Waals surface area contributed by atoms with Crippen LogP contribution in [0.15, 0.2) is 70.2 Å². The number of nitrogens with one attached hydrogen (secondary N) is 2. The van der Waals surface area contributed by atoms with E-state index in [2.05, 4.69) is 31.8 Å². The Balaban J connectivity index is 1.66. The average molecular weight is 587 g/mol. The van der Waals surface area contributed by atoms with Gasteiger partial charge in [-0.05, 0) is 64.7 Å². The van der Waals surface area contributed by atoms with Crippen LogP contribution in [0, 0.1) is 12.8 Å². The van der Waals surface area contributed by atoms with Gasteiger partial charge in [0, 0.05) is 16.1 Å². The van der Waals surface area contributed by atoms with Gasteiger partial charge in [-0.25, -0.2) is 5.43 Å². The van der Waals surface area contributed by atoms with Crippen molar-refractivity contribution in [3.63, 3.8) is 0 Å². The lowest BCUT2D eigenvalue weighted by molar-refractivity contribution is -0.123. The van der Waals surface area contributed by atoms with E-state index in [0.717, 1.165) is 11.1 Å². The molecule has 0 aliphatic heterocycles. The number of ether oxygens (including phenoxy) is 2. The molecule has 0 aromatic heterocycles. The van der Waals surface area contributed by atoms with Crippen LogP contribution < -0.4 is 20.2 Å². The number of halogens is 2. The second-order valence-electron chi connectivity index (χ2n) is 8.71. The first kappa shape index (κ1) is 28.2. The summed E-state index contributed by atoms with van der Waals surface area (Å²) in [6.45, 7) is 5.92. The minimum absolute atomic E-state index is 0.145. The number of hydrogen-bond donors (Lipinski definition) is 2. The van der Waals surface area contributed by atoms with Crippen molar-refractivity contribution in [3.05, 3.63) is 92.4 Å². The number of hydrogen-bond acceptors (Lipinski definition) is 5. The van der Waals surface area contributed by atoms with Gasteiger partial charge in [0.25, 0.3) is 11.8 Å². The van der Waals surface area contributed by atoms with Crippen LogP contribution in [0.5, 0.6) is 11.5 Å². The fourth-order valence-electron chi connectivity index (χ4n) is 3.42. The zero-order valence-corrected chi connectivity index (χ0v) is 23.4. The fourth-order valence-corrected chi connectivity index (χ4v) is 4.19. The van der Waals surface area contributed by atoms with Crippen LogP contribution in [0.1, 0.15) is 40.9 Å². The lowest BCUT2D eigenvalue weighted by Gasteiger charge is -2.20. The first-order valence-electron chi connectivity index (χ1n) is 11.6. The van der Waals surface area contributed by atoms with Gasteiger partial charge in [0.2, 0.25) is 0 Å². The van der Waals surface area contributed by atoms with E-state index < -0.39 is 11.9 Å². The second kappa shape index (κ2) is 13.3. The van der Waals surface area contributed by atoms with Crippen LogP contribution in [-0.4, -0.2) is 31.2 Å². The molecule has 0 fully saturated rings. The van der Waals surface area contributed by atoms with Crippen LogP contribution in [-0.2, 0) is 11.4 Å². The molecule has 1 atom stereocenters. The third-order valence-electron chi connectivity index (χ3n) is 5.52. The number of benzene rings is 3. The van der Waals surface area contributed by atoms with Crippen molar-refractivity contribution in [1.29, 1.82) is 0 Å². The Bertz CT molecular complexity index is 1280. The van der Waals surface area contributed by atoms with Crippen molar-refractivity contribution in [3.8, 4) is 11.5 Å². The first-order chi connectivity index (χ1) is 17.7. The van der Waals surface area contributed by atoms with Crippen LogP contribution in [0.3, 0.4) is 0 Å². The normalized spacial score (nSPS) is 11.9. The van der Waals surface area contributed by atoms with Crippen LogP contribution in [0.4, 0.5) is 0 Å². The lowest BCUT2D eigenvalue weighted by Crippen LogP contribution is -2.48. The Morgan fingerprint density at radius 3 is 2.46 bits per heavy atom. The zero-order valence-electron chi connectivity index (χ0n) is 21.0. The standard InChI is InChI=1S/C28H29BrClN3O4/c1-17(2)25(32-27(34)20-11-9-18(3)10-12-20)28(35)33-31-15-19-13-22(29)26(24(14-19)36-4)37-16-21-7-5-6-8-23(21)30/h5-15,17,25H,16H2,1-4H3,(H,32,34)(H,33,35). The fraction of sp³-hybridized carbons (Fsp3) is 0.250. The summed E-state index contributed by atoms with van der Waals surface area (Å²) in [5, 5.41) is 7.48. The maximum absolute atomic E-state index is 12.8. The minimum Gasteiger partial charge on any atom is -0.493 e. The molecule has 3 aromatic carbocycles. The van der Waals surface area contributed by atoms with Gasteiger partial charge in [-0.3, -0.25) is 9.59 Å². The average Bonchev–Trinajstić information content (AvgIpc) is 2.87. The Hall–Kier alpha value is -3.36. The van der Waals surface area contributed by atoms with E-state index in [0.29, 0.717) is 32.1 Å². The topological polar surface area (TPSA) is 89.0 Å². The molecule has 0 spiro atoms. The van der Waals surface area contributed by atoms with Gasteiger partial charge < -0.3 is 14.8 Å². The van der Waals surface area contributed by atoms with Crippen molar-refractivity contribution >= 4 is 45.6 Å². The number of nitrogens with zero attached hydrogens (tertiary/aromatic N) is 1. The number of hydrazone groups is 1. The molecule has 1 unspecified atom stereocenters. The summed E-state index contributed by atoms with van der Waals surface area (Å²) in [7, 11) is 1.54. The summed E-state index contributed by atoms with van der Waals surface area (Å²) in [5.41, 5.74) is 5.57. The molecule has 194 valence electrons. The van der Waals surface area contributed by atoms with Gasteiger partial charge >= 0.3 is 0 Å². The smallest absolute Gasteiger partial charge is 0.262 e. The molecule has 2 amide bonds. The van der Waals surface area contributed by atoms with E-state index >= 15 is 0 Å². The number of carbonyl (C=O) groups is 2. The molecular formula is C28H29BrClN3O4. The molecule has 3 aromatic rings. The van der Waals surface area contributed by atoms with Crippen LogP contribution in [0.2, 0.25) is 5.02 Å². The largest absolute Gasteiger partial charge is 0.493 e. The van der Waals surface area contributed by atoms with Crippen LogP contribution in [0.25, 0.3) is 0 Å². The van der Waals surface area contributed by atoms with Gasteiger partial charge in [-0.2, -0.15) is 5.10 Å². The molecule has 0 bridgehead atoms. The number of rotatable bonds is 10. The monoisotopic (exact) mass is 585 g/mol. The number of carbonyl (C=O) groups excluding carboxylic acids is 2. The predicted molar refractivity (Wildman–Crippen MR) is 149 cm³/mol. The third kappa shape index (κ3) is 7.81. The van der Waals surface area contributed by atoms with Gasteiger partial charge in [-0.1, -0.05) is 61.3 Å². The highest BCUT2D eigenvalue weighted by Crippen LogP contribution is 2.37. The molecule has 37 heavy (non-hydrogen) atoms. The summed E-state index contributed by atoms with van der Waals surface area (Å²) in [6.07, 6.45) is 1.49. The van der Waals surface area contributed by atoms with Crippen molar-refractivity contribution in [2.24, 2.45) is 11.0 Å². The van der Waals surface area contributed by atoms with Crippen LogP contribution >= 0.6 is 27.5 Å². The van der Waals surface area contributed by atoms with Gasteiger partial charge in [-0.15, -0.1) is 0 Å². The highest BCUT2D eigenvalue weighted by molar-refractivity contribution is 9.10. The number of amides is 2. The van der Waals surface area contributed by atoms with E-state index in [9.17, 15) is 9.59 Å². The molecule has 0 radical (unpaired) electrons. The number of aryl methyl sites for hydroxylation is 1. The third-order valence-corrected chi connectivity index (χ3v) is 6.48. The van der Waals surface area contributed by atoms with E-state index in [1.165, 1.54) is 13.3 Å². The van der Waals surface area contributed by atoms with Crippen molar-refractivity contribution < 1.29 is 19.1 Å². The molecule has 0 saturated carbocycles. The first-order valence-corrected chi connectivity index (χ1v) is 12.8. The molecule has 7 nitrogen and oxygen atoms in total. The summed E-state index contributed by atoms with van der Waals surface area (Å²) in [5.74, 6) is 0.117. The minimum atomic E-state index is -0.757. The zero-order chi connectivity index (χ0) is 26.9. The molecule has 9 heteroatoms. The molecule has 3 rings (SSSR count). The summed E-state index contributed by atoms with van der Waals surface area (Å²) in [6, 6.07) is 17.4. The number of methoxy groups -OCH3 is 1. The Morgan fingerprint density at radius 2 is 1.81 bits per heavy atom. The van der Waals surface area contributed by atoms with Gasteiger partial charge in [0.15, 0.2) is 11.5 Å². The molecular weight excluding hydrogens is 558 g/mol. The van der Waals surface area contributed by atoms with Crippen molar-refractivity contribution in [2.75, 3.05) is 7.11 Å². The van der Waals surface area contributed by atoms with E-state index in [-0.39, 0.29) is 18.4 Å². The molecule has 0 aliphatic rings. The molecule has 0 saturated heterocycles. The summed E-state index contributed by atoms with van der Waals surface area (Å²) >= 11 is 9.73. The SMILES string of the molecule is COc1cc(C=NNC(=O)C(NC(=O)c2ccc(C)cc2)C(C)C)cc(Br)c1OCc1ccccc1Cl. The quantitative estimate of drug-likeness (QED) is 0.229. The highest BCUT2D eigenvalue weighted by Gasteiger charge is 2.24. The molecule has 0 aliphatic carbocycles. The van der Waals surface area contributed by atoms with Crippen molar-refractivity contribution in [1.82, 2.24) is 10.7 Å². The highest BCUT2D eigenvalue weighted by atomic mass is 79.9. The predicted octanol–water partition coefficient (Wildman–Crippen LogP) is 5.90. The van der Waals surface area contributed by atoms with E-state index in [1.54, 1.807) is 30.3 Å². The van der Waals surface area contributed by atoms with Gasteiger partial charge in [0.1, 0.15) is 12.6 Å². The Labute approximate surface area is 230 Å².